The van der Waals surface area contributed by atoms with Crippen LogP contribution in [0.2, 0.25) is 0 Å². The van der Waals surface area contributed by atoms with Crippen molar-refractivity contribution in [2.24, 2.45) is 0 Å². The van der Waals surface area contributed by atoms with E-state index in [1.165, 1.54) is 18.2 Å². The van der Waals surface area contributed by atoms with E-state index in [-0.39, 0.29) is 17.1 Å². The van der Waals surface area contributed by atoms with Crippen LogP contribution in [-0.4, -0.2) is 6.03 Å². The van der Waals surface area contributed by atoms with Crippen LogP contribution in [0.4, 0.5) is 35.0 Å². The van der Waals surface area contributed by atoms with E-state index in [0.29, 0.717) is 6.07 Å². The number of carbonyl (C=O) groups excluding carboxylic acids is 1. The number of hydrogen-bond acceptors (Lipinski definition) is 2. The molecule has 0 saturated heterocycles. The summed E-state index contributed by atoms with van der Waals surface area (Å²) in [6, 6.07) is 5.79. The molecule has 104 valence electrons. The molecule has 2 amide bonds. The number of rotatable bonds is 2. The predicted octanol–water partition coefficient (Wildman–Crippen LogP) is 3.33. The highest BCUT2D eigenvalue weighted by Crippen LogP contribution is 2.24. The van der Waals surface area contributed by atoms with Crippen LogP contribution in [0.15, 0.2) is 36.4 Å². The Morgan fingerprint density at radius 3 is 2.40 bits per heavy atom. The normalized spacial score (nSPS) is 10.2. The minimum atomic E-state index is -1.00. The summed E-state index contributed by atoms with van der Waals surface area (Å²) >= 11 is 0. The molecule has 4 N–H and O–H groups in total. The number of carbonyl (C=O) groups is 1. The Balaban J connectivity index is 2.13. The molecule has 4 nitrogen and oxygen atoms in total. The Kier molecular flexibility index (Phi) is 3.79. The molecule has 0 aromatic heterocycles. The summed E-state index contributed by atoms with van der Waals surface area (Å²) in [6.45, 7) is 0. The van der Waals surface area contributed by atoms with Crippen molar-refractivity contribution in [1.29, 1.82) is 0 Å². The summed E-state index contributed by atoms with van der Waals surface area (Å²) in [4.78, 5) is 11.6. The smallest absolute Gasteiger partial charge is 0.323 e. The van der Waals surface area contributed by atoms with E-state index < -0.39 is 23.5 Å². The minimum Gasteiger partial charge on any atom is -0.397 e. The largest absolute Gasteiger partial charge is 0.397 e. The van der Waals surface area contributed by atoms with Crippen molar-refractivity contribution in [1.82, 2.24) is 0 Å². The number of nitrogen functional groups attached to an aromatic ring is 1. The lowest BCUT2D eigenvalue weighted by atomic mass is 10.2. The fraction of sp³-hybridized carbons (Fsp3) is 0. The molecule has 0 spiro atoms. The third kappa shape index (κ3) is 3.19. The lowest BCUT2D eigenvalue weighted by molar-refractivity contribution is 0.262. The van der Waals surface area contributed by atoms with E-state index in [1.54, 1.807) is 0 Å². The molecule has 0 saturated carbocycles. The molecule has 7 heteroatoms. The number of urea groups is 1. The topological polar surface area (TPSA) is 67.1 Å². The maximum absolute atomic E-state index is 13.5. The molecule has 0 aliphatic carbocycles. The fourth-order valence-electron chi connectivity index (χ4n) is 1.57. The third-order valence-corrected chi connectivity index (χ3v) is 2.41. The zero-order valence-electron chi connectivity index (χ0n) is 10.1. The van der Waals surface area contributed by atoms with Gasteiger partial charge in [-0.2, -0.15) is 0 Å². The molecule has 0 aliphatic heterocycles. The molecular weight excluding hydrogens is 271 g/mol. The highest BCUT2D eigenvalue weighted by atomic mass is 19.1. The van der Waals surface area contributed by atoms with Gasteiger partial charge in [-0.3, -0.25) is 0 Å². The first kappa shape index (κ1) is 13.7. The molecule has 2 rings (SSSR count). The van der Waals surface area contributed by atoms with Gasteiger partial charge in [-0.05, 0) is 24.3 Å². The maximum atomic E-state index is 13.5. The van der Waals surface area contributed by atoms with Crippen molar-refractivity contribution in [3.8, 4) is 0 Å². The molecule has 2 aromatic carbocycles. The van der Waals surface area contributed by atoms with E-state index in [9.17, 15) is 18.0 Å². The van der Waals surface area contributed by atoms with E-state index in [0.717, 1.165) is 12.1 Å². The Labute approximate surface area is 112 Å². The van der Waals surface area contributed by atoms with Gasteiger partial charge in [0.1, 0.15) is 17.3 Å². The summed E-state index contributed by atoms with van der Waals surface area (Å²) in [6.07, 6.45) is 0. The summed E-state index contributed by atoms with van der Waals surface area (Å²) < 4.78 is 39.2. The van der Waals surface area contributed by atoms with Crippen LogP contribution >= 0.6 is 0 Å². The lowest BCUT2D eigenvalue weighted by Gasteiger charge is -2.10. The van der Waals surface area contributed by atoms with Crippen molar-refractivity contribution >= 4 is 23.1 Å². The first-order valence-corrected chi connectivity index (χ1v) is 5.54. The monoisotopic (exact) mass is 281 g/mol. The Morgan fingerprint density at radius 1 is 1.00 bits per heavy atom. The molecule has 0 unspecified atom stereocenters. The van der Waals surface area contributed by atoms with Gasteiger partial charge in [0.25, 0.3) is 0 Å². The Morgan fingerprint density at radius 2 is 1.75 bits per heavy atom. The summed E-state index contributed by atoms with van der Waals surface area (Å²) in [5.74, 6) is -2.39. The van der Waals surface area contributed by atoms with Gasteiger partial charge in [0.05, 0.1) is 5.69 Å². The number of halogens is 3. The second-order valence-corrected chi connectivity index (χ2v) is 3.94. The zero-order chi connectivity index (χ0) is 14.7. The predicted molar refractivity (Wildman–Crippen MR) is 69.8 cm³/mol. The molecular formula is C13H10F3N3O. The van der Waals surface area contributed by atoms with Gasteiger partial charge in [-0.1, -0.05) is 6.07 Å². The van der Waals surface area contributed by atoms with Crippen LogP contribution in [0.25, 0.3) is 0 Å². The van der Waals surface area contributed by atoms with Gasteiger partial charge < -0.3 is 16.4 Å². The SMILES string of the molecule is Nc1cc(F)cc(F)c1NC(=O)Nc1cccc(F)c1. The minimum absolute atomic E-state index is 0.184. The average Bonchev–Trinajstić information content (AvgIpc) is 2.33. The first-order chi connectivity index (χ1) is 9.45. The maximum Gasteiger partial charge on any atom is 0.323 e. The number of amides is 2. The quantitative estimate of drug-likeness (QED) is 0.739. The van der Waals surface area contributed by atoms with Gasteiger partial charge in [0.15, 0.2) is 5.82 Å². The van der Waals surface area contributed by atoms with Crippen molar-refractivity contribution in [2.45, 2.75) is 0 Å². The molecule has 0 radical (unpaired) electrons. The number of nitrogens with two attached hydrogens (primary N) is 1. The van der Waals surface area contributed by atoms with Crippen LogP contribution in [0.5, 0.6) is 0 Å². The summed E-state index contributed by atoms with van der Waals surface area (Å²) in [7, 11) is 0. The van der Waals surface area contributed by atoms with E-state index >= 15 is 0 Å². The van der Waals surface area contributed by atoms with Crippen molar-refractivity contribution < 1.29 is 18.0 Å². The third-order valence-electron chi connectivity index (χ3n) is 2.41. The van der Waals surface area contributed by atoms with Crippen LogP contribution in [0, 0.1) is 17.5 Å². The van der Waals surface area contributed by atoms with Crippen molar-refractivity contribution in [2.75, 3.05) is 16.4 Å². The molecule has 0 bridgehead atoms. The lowest BCUT2D eigenvalue weighted by Crippen LogP contribution is -2.21. The first-order valence-electron chi connectivity index (χ1n) is 5.54. The molecule has 0 atom stereocenters. The Hall–Kier alpha value is -2.70. The van der Waals surface area contributed by atoms with Gasteiger partial charge in [0, 0.05) is 11.8 Å². The van der Waals surface area contributed by atoms with Crippen LogP contribution in [-0.2, 0) is 0 Å². The second kappa shape index (κ2) is 5.52. The van der Waals surface area contributed by atoms with Crippen LogP contribution < -0.4 is 16.4 Å². The number of hydrogen-bond donors (Lipinski definition) is 3. The molecule has 2 aromatic rings. The van der Waals surface area contributed by atoms with Gasteiger partial charge in [-0.15, -0.1) is 0 Å². The molecule has 20 heavy (non-hydrogen) atoms. The highest BCUT2D eigenvalue weighted by Gasteiger charge is 2.12. The van der Waals surface area contributed by atoms with E-state index in [1.807, 2.05) is 0 Å². The van der Waals surface area contributed by atoms with Crippen LogP contribution in [0.1, 0.15) is 0 Å². The number of anilines is 3. The highest BCUT2D eigenvalue weighted by molar-refractivity contribution is 6.01. The van der Waals surface area contributed by atoms with E-state index in [2.05, 4.69) is 10.6 Å². The van der Waals surface area contributed by atoms with Gasteiger partial charge >= 0.3 is 6.03 Å². The molecule has 0 heterocycles. The van der Waals surface area contributed by atoms with Crippen molar-refractivity contribution in [3.63, 3.8) is 0 Å². The summed E-state index contributed by atoms with van der Waals surface area (Å²) in [5.41, 5.74) is 4.99. The van der Waals surface area contributed by atoms with Gasteiger partial charge in [-0.25, -0.2) is 18.0 Å². The standard InChI is InChI=1S/C13H10F3N3O/c14-7-2-1-3-9(4-7)18-13(20)19-12-10(16)5-8(15)6-11(12)17/h1-6H,17H2,(H2,18,19,20). The molecule has 0 aliphatic rings. The van der Waals surface area contributed by atoms with Crippen LogP contribution in [0.3, 0.4) is 0 Å². The van der Waals surface area contributed by atoms with Gasteiger partial charge in [0.2, 0.25) is 0 Å². The fourth-order valence-corrected chi connectivity index (χ4v) is 1.57. The zero-order valence-corrected chi connectivity index (χ0v) is 10.1. The molecule has 0 fully saturated rings. The van der Waals surface area contributed by atoms with Crippen molar-refractivity contribution in [3.05, 3.63) is 53.8 Å². The second-order valence-electron chi connectivity index (χ2n) is 3.94. The summed E-state index contributed by atoms with van der Waals surface area (Å²) in [5, 5.41) is 4.43. The number of nitrogens with one attached hydrogen (secondary N) is 2. The van der Waals surface area contributed by atoms with E-state index in [4.69, 9.17) is 5.73 Å². The average molecular weight is 281 g/mol. The number of benzene rings is 2. The Bertz CT molecular complexity index is 638.